The Morgan fingerprint density at radius 3 is 2.59 bits per heavy atom. The fourth-order valence-corrected chi connectivity index (χ4v) is 2.58. The molecule has 8 heteroatoms. The third kappa shape index (κ3) is 3.38. The van der Waals surface area contributed by atoms with E-state index in [1.54, 1.807) is 0 Å². The minimum Gasteiger partial charge on any atom is -0.272 e. The van der Waals surface area contributed by atoms with E-state index in [1.165, 1.54) is 12.1 Å². The van der Waals surface area contributed by atoms with Crippen LogP contribution in [-0.2, 0) is 0 Å². The Labute approximate surface area is 127 Å². The molecule has 0 bridgehead atoms. The maximum absolute atomic E-state index is 11.1. The van der Waals surface area contributed by atoms with Gasteiger partial charge in [-0.1, -0.05) is 13.8 Å². The molecule has 2 unspecified atom stereocenters. The van der Waals surface area contributed by atoms with Gasteiger partial charge in [-0.05, 0) is 37.2 Å². The normalized spacial score (nSPS) is 23.3. The highest BCUT2D eigenvalue weighted by Crippen LogP contribution is 2.30. The number of nitrogens with zero attached hydrogens (tertiary/aromatic N) is 3. The number of anilines is 1. The Morgan fingerprint density at radius 1 is 1.23 bits per heavy atom. The van der Waals surface area contributed by atoms with Gasteiger partial charge in [0.05, 0.1) is 15.9 Å². The van der Waals surface area contributed by atoms with Gasteiger partial charge < -0.3 is 0 Å². The molecule has 118 valence electrons. The number of non-ortho nitro benzene ring substituents is 1. The zero-order chi connectivity index (χ0) is 16.3. The van der Waals surface area contributed by atoms with Crippen LogP contribution in [-0.4, -0.2) is 15.6 Å². The van der Waals surface area contributed by atoms with Crippen molar-refractivity contribution < 1.29 is 9.85 Å². The number of hydrogen-bond acceptors (Lipinski definition) is 6. The quantitative estimate of drug-likeness (QED) is 0.673. The van der Waals surface area contributed by atoms with Gasteiger partial charge in [-0.15, -0.1) is 0 Å². The van der Waals surface area contributed by atoms with Crippen LogP contribution in [0.2, 0.25) is 0 Å². The van der Waals surface area contributed by atoms with Crippen LogP contribution in [0.1, 0.15) is 33.1 Å². The average molecular weight is 306 g/mol. The number of rotatable bonds is 4. The smallest absolute Gasteiger partial charge is 0.272 e. The van der Waals surface area contributed by atoms with Gasteiger partial charge in [-0.25, -0.2) is 0 Å². The number of nitrogens with one attached hydrogen (secondary N) is 1. The second-order valence-electron chi connectivity index (χ2n) is 5.59. The molecule has 1 aliphatic rings. The standard InChI is InChI=1S/C14H18N4O4/c1-9-4-3-5-12(10(9)2)15-16-13-7-6-11(17(19)20)8-14(13)18(21)22/h6-10,16H,3-5H2,1-2H3/b15-12-. The van der Waals surface area contributed by atoms with Crippen molar-refractivity contribution in [3.63, 3.8) is 0 Å². The van der Waals surface area contributed by atoms with E-state index in [4.69, 9.17) is 0 Å². The molecule has 0 heterocycles. The molecule has 1 aromatic carbocycles. The van der Waals surface area contributed by atoms with Crippen molar-refractivity contribution >= 4 is 22.8 Å². The van der Waals surface area contributed by atoms with Crippen LogP contribution >= 0.6 is 0 Å². The van der Waals surface area contributed by atoms with E-state index in [-0.39, 0.29) is 17.1 Å². The molecule has 1 fully saturated rings. The summed E-state index contributed by atoms with van der Waals surface area (Å²) in [5, 5.41) is 26.1. The molecular weight excluding hydrogens is 288 g/mol. The summed E-state index contributed by atoms with van der Waals surface area (Å²) in [6.45, 7) is 4.25. The molecule has 1 aliphatic carbocycles. The first-order valence-corrected chi connectivity index (χ1v) is 7.15. The van der Waals surface area contributed by atoms with E-state index in [2.05, 4.69) is 24.4 Å². The predicted octanol–water partition coefficient (Wildman–Crippen LogP) is 3.73. The summed E-state index contributed by atoms with van der Waals surface area (Å²) in [6.07, 6.45) is 3.06. The van der Waals surface area contributed by atoms with Crippen molar-refractivity contribution in [2.45, 2.75) is 33.1 Å². The van der Waals surface area contributed by atoms with Crippen molar-refractivity contribution in [1.29, 1.82) is 0 Å². The topological polar surface area (TPSA) is 111 Å². The van der Waals surface area contributed by atoms with Gasteiger partial charge in [-0.2, -0.15) is 5.10 Å². The van der Waals surface area contributed by atoms with E-state index < -0.39 is 9.85 Å². The van der Waals surface area contributed by atoms with Crippen LogP contribution in [0, 0.1) is 32.1 Å². The fraction of sp³-hybridized carbons (Fsp3) is 0.500. The van der Waals surface area contributed by atoms with Crippen LogP contribution in [0.25, 0.3) is 0 Å². The van der Waals surface area contributed by atoms with Crippen LogP contribution in [0.15, 0.2) is 23.3 Å². The molecule has 0 aliphatic heterocycles. The van der Waals surface area contributed by atoms with Crippen LogP contribution in [0.4, 0.5) is 17.1 Å². The first-order chi connectivity index (χ1) is 10.4. The highest BCUT2D eigenvalue weighted by atomic mass is 16.6. The second kappa shape index (κ2) is 6.50. The van der Waals surface area contributed by atoms with E-state index in [0.29, 0.717) is 11.8 Å². The van der Waals surface area contributed by atoms with E-state index in [1.807, 2.05) is 0 Å². The summed E-state index contributed by atoms with van der Waals surface area (Å²) in [5.74, 6) is 0.847. The molecule has 0 amide bonds. The largest absolute Gasteiger partial charge is 0.301 e. The SMILES string of the molecule is CC1CCC/C(=N/Nc2ccc([N+](=O)[O-])cc2[N+](=O)[O-])C1C. The number of nitro benzene ring substituents is 2. The number of benzene rings is 1. The molecule has 1 aromatic rings. The summed E-state index contributed by atoms with van der Waals surface area (Å²) >= 11 is 0. The lowest BCUT2D eigenvalue weighted by molar-refractivity contribution is -0.393. The third-order valence-corrected chi connectivity index (χ3v) is 4.18. The molecule has 1 N–H and O–H groups in total. The summed E-state index contributed by atoms with van der Waals surface area (Å²) in [6, 6.07) is 3.48. The Kier molecular flexibility index (Phi) is 4.69. The Hall–Kier alpha value is -2.51. The minimum absolute atomic E-state index is 0.161. The maximum atomic E-state index is 11.1. The number of hydrazone groups is 1. The molecule has 22 heavy (non-hydrogen) atoms. The monoisotopic (exact) mass is 306 g/mol. The van der Waals surface area contributed by atoms with Gasteiger partial charge in [0.15, 0.2) is 0 Å². The molecular formula is C14H18N4O4. The van der Waals surface area contributed by atoms with Crippen molar-refractivity contribution in [1.82, 2.24) is 0 Å². The molecule has 0 saturated heterocycles. The molecule has 8 nitrogen and oxygen atoms in total. The summed E-state index contributed by atoms with van der Waals surface area (Å²) < 4.78 is 0. The van der Waals surface area contributed by atoms with Crippen molar-refractivity contribution in [2.24, 2.45) is 16.9 Å². The fourth-order valence-electron chi connectivity index (χ4n) is 2.58. The second-order valence-corrected chi connectivity index (χ2v) is 5.59. The summed E-state index contributed by atoms with van der Waals surface area (Å²) in [4.78, 5) is 20.5. The van der Waals surface area contributed by atoms with Crippen LogP contribution < -0.4 is 5.43 Å². The van der Waals surface area contributed by atoms with Crippen molar-refractivity contribution in [3.05, 3.63) is 38.4 Å². The zero-order valence-electron chi connectivity index (χ0n) is 12.5. The maximum Gasteiger partial charge on any atom is 0.301 e. The predicted molar refractivity (Wildman–Crippen MR) is 83.0 cm³/mol. The first-order valence-electron chi connectivity index (χ1n) is 7.15. The van der Waals surface area contributed by atoms with Gasteiger partial charge in [0.2, 0.25) is 0 Å². The van der Waals surface area contributed by atoms with Crippen molar-refractivity contribution in [2.75, 3.05) is 5.43 Å². The highest BCUT2D eigenvalue weighted by molar-refractivity contribution is 5.88. The van der Waals surface area contributed by atoms with E-state index in [9.17, 15) is 20.2 Å². The first kappa shape index (κ1) is 15.9. The zero-order valence-corrected chi connectivity index (χ0v) is 12.5. The Balaban J connectivity index is 2.25. The lowest BCUT2D eigenvalue weighted by Crippen LogP contribution is -2.25. The van der Waals surface area contributed by atoms with Crippen molar-refractivity contribution in [3.8, 4) is 0 Å². The van der Waals surface area contributed by atoms with Gasteiger partial charge in [0.25, 0.3) is 5.69 Å². The average Bonchev–Trinajstić information content (AvgIpc) is 2.48. The third-order valence-electron chi connectivity index (χ3n) is 4.18. The molecule has 0 radical (unpaired) electrons. The Bertz CT molecular complexity index is 629. The molecule has 0 spiro atoms. The Morgan fingerprint density at radius 2 is 1.95 bits per heavy atom. The molecule has 0 aromatic heterocycles. The summed E-state index contributed by atoms with van der Waals surface area (Å²) in [7, 11) is 0. The lowest BCUT2D eigenvalue weighted by Gasteiger charge is -2.27. The molecule has 2 atom stereocenters. The number of hydrogen-bond donors (Lipinski definition) is 1. The molecule has 1 saturated carbocycles. The van der Waals surface area contributed by atoms with Gasteiger partial charge in [-0.3, -0.25) is 25.7 Å². The van der Waals surface area contributed by atoms with E-state index >= 15 is 0 Å². The van der Waals surface area contributed by atoms with E-state index in [0.717, 1.165) is 31.0 Å². The highest BCUT2D eigenvalue weighted by Gasteiger charge is 2.24. The lowest BCUT2D eigenvalue weighted by atomic mass is 9.80. The minimum atomic E-state index is -0.659. The van der Waals surface area contributed by atoms with Gasteiger partial charge in [0.1, 0.15) is 5.69 Å². The number of nitro groups is 2. The van der Waals surface area contributed by atoms with Crippen LogP contribution in [0.3, 0.4) is 0 Å². The van der Waals surface area contributed by atoms with Gasteiger partial charge >= 0.3 is 5.69 Å². The summed E-state index contributed by atoms with van der Waals surface area (Å²) in [5.41, 5.74) is 3.18. The van der Waals surface area contributed by atoms with Gasteiger partial charge in [0, 0.05) is 11.8 Å². The molecule has 2 rings (SSSR count). The van der Waals surface area contributed by atoms with Crippen LogP contribution in [0.5, 0.6) is 0 Å².